The van der Waals surface area contributed by atoms with E-state index >= 15 is 0 Å². The van der Waals surface area contributed by atoms with Gasteiger partial charge >= 0.3 is 0 Å². The summed E-state index contributed by atoms with van der Waals surface area (Å²) >= 11 is 1.80. The number of hydrogen-bond acceptors (Lipinski definition) is 4. The fraction of sp³-hybridized carbons (Fsp3) is 0.684. The van der Waals surface area contributed by atoms with Gasteiger partial charge in [0.25, 0.3) is 0 Å². The van der Waals surface area contributed by atoms with Crippen LogP contribution < -0.4 is 0 Å². The van der Waals surface area contributed by atoms with Crippen LogP contribution in [0.1, 0.15) is 37.7 Å². The van der Waals surface area contributed by atoms with Gasteiger partial charge in [0.05, 0.1) is 0 Å². The summed E-state index contributed by atoms with van der Waals surface area (Å²) in [5.41, 5.74) is 1.40. The molecule has 0 bridgehead atoms. The zero-order valence-electron chi connectivity index (χ0n) is 14.3. The van der Waals surface area contributed by atoms with Crippen LogP contribution in [0.5, 0.6) is 0 Å². The lowest BCUT2D eigenvalue weighted by Gasteiger charge is -2.44. The van der Waals surface area contributed by atoms with Crippen LogP contribution in [0.25, 0.3) is 0 Å². The van der Waals surface area contributed by atoms with E-state index in [1.54, 1.807) is 11.8 Å². The first-order valence-corrected chi connectivity index (χ1v) is 10.2. The van der Waals surface area contributed by atoms with Gasteiger partial charge in [-0.15, -0.1) is 11.8 Å². The third kappa shape index (κ3) is 4.50. The number of aliphatic hydroxyl groups excluding tert-OH is 1. The number of aliphatic hydroxyl groups is 1. The van der Waals surface area contributed by atoms with E-state index in [9.17, 15) is 5.11 Å². The van der Waals surface area contributed by atoms with Crippen molar-refractivity contribution in [2.45, 2.75) is 55.6 Å². The van der Waals surface area contributed by atoms with E-state index in [1.807, 2.05) is 0 Å². The predicted octanol–water partition coefficient (Wildman–Crippen LogP) is 3.22. The van der Waals surface area contributed by atoms with Crippen LogP contribution in [-0.2, 0) is 6.54 Å². The van der Waals surface area contributed by atoms with Crippen LogP contribution in [0.3, 0.4) is 0 Å². The lowest BCUT2D eigenvalue weighted by Crippen LogP contribution is -2.55. The summed E-state index contributed by atoms with van der Waals surface area (Å²) in [6, 6.07) is 10.3. The minimum atomic E-state index is 0.310. The monoisotopic (exact) mass is 334 g/mol. The van der Waals surface area contributed by atoms with Crippen molar-refractivity contribution in [2.75, 3.05) is 32.5 Å². The highest BCUT2D eigenvalue weighted by molar-refractivity contribution is 7.98. The van der Waals surface area contributed by atoms with Gasteiger partial charge in [-0.3, -0.25) is 9.80 Å². The van der Waals surface area contributed by atoms with E-state index in [0.717, 1.165) is 38.6 Å². The van der Waals surface area contributed by atoms with Gasteiger partial charge in [0.15, 0.2) is 0 Å². The van der Waals surface area contributed by atoms with Crippen molar-refractivity contribution >= 4 is 11.8 Å². The normalized spacial score (nSPS) is 24.3. The largest absolute Gasteiger partial charge is 0.396 e. The molecule has 1 saturated heterocycles. The Kier molecular flexibility index (Phi) is 6.40. The SMILES string of the molecule is CSc1ccc(CN2CCN(C3CCCC3)[C@@H](CCO)C2)cc1. The highest BCUT2D eigenvalue weighted by atomic mass is 32.2. The molecule has 2 aliphatic rings. The van der Waals surface area contributed by atoms with Gasteiger partial charge < -0.3 is 5.11 Å². The highest BCUT2D eigenvalue weighted by Gasteiger charge is 2.32. The molecule has 0 aromatic heterocycles. The zero-order chi connectivity index (χ0) is 16.1. The van der Waals surface area contributed by atoms with Gasteiger partial charge in [-0.05, 0) is 43.2 Å². The second kappa shape index (κ2) is 8.52. The van der Waals surface area contributed by atoms with Crippen molar-refractivity contribution in [3.63, 3.8) is 0 Å². The molecular weight excluding hydrogens is 304 g/mol. The van der Waals surface area contributed by atoms with Crippen molar-refractivity contribution in [2.24, 2.45) is 0 Å². The molecule has 1 aromatic rings. The highest BCUT2D eigenvalue weighted by Crippen LogP contribution is 2.28. The predicted molar refractivity (Wildman–Crippen MR) is 98.0 cm³/mol. The molecule has 2 fully saturated rings. The van der Waals surface area contributed by atoms with E-state index < -0.39 is 0 Å². The van der Waals surface area contributed by atoms with Crippen molar-refractivity contribution in [3.8, 4) is 0 Å². The Bertz CT molecular complexity index is 473. The first kappa shape index (κ1) is 17.3. The first-order chi connectivity index (χ1) is 11.3. The minimum Gasteiger partial charge on any atom is -0.396 e. The maximum absolute atomic E-state index is 9.47. The fourth-order valence-corrected chi connectivity index (χ4v) is 4.60. The van der Waals surface area contributed by atoms with Crippen LogP contribution in [0, 0.1) is 0 Å². The Labute approximate surface area is 145 Å². The fourth-order valence-electron chi connectivity index (χ4n) is 4.19. The van der Waals surface area contributed by atoms with Crippen LogP contribution in [-0.4, -0.2) is 59.5 Å². The number of piperazine rings is 1. The summed E-state index contributed by atoms with van der Waals surface area (Å²) in [5.74, 6) is 0. The molecule has 0 amide bonds. The standard InChI is InChI=1S/C19H30N2OS/c1-23-19-8-6-16(7-9-19)14-20-11-12-21(17-4-2-3-5-17)18(15-20)10-13-22/h6-9,17-18,22H,2-5,10-15H2,1H3/t18-/m0/s1. The summed E-state index contributed by atoms with van der Waals surface area (Å²) < 4.78 is 0. The third-order valence-corrected chi connectivity index (χ3v) is 6.18. The number of rotatable bonds is 6. The Morgan fingerprint density at radius 3 is 2.52 bits per heavy atom. The molecule has 3 rings (SSSR count). The summed E-state index contributed by atoms with van der Waals surface area (Å²) in [5, 5.41) is 9.47. The van der Waals surface area contributed by atoms with E-state index in [2.05, 4.69) is 40.3 Å². The lowest BCUT2D eigenvalue weighted by atomic mass is 10.0. The molecule has 1 N–H and O–H groups in total. The average Bonchev–Trinajstić information content (AvgIpc) is 3.10. The van der Waals surface area contributed by atoms with Gasteiger partial charge in [0.1, 0.15) is 0 Å². The lowest BCUT2D eigenvalue weighted by molar-refractivity contribution is 0.0267. The topological polar surface area (TPSA) is 26.7 Å². The molecule has 3 nitrogen and oxygen atoms in total. The van der Waals surface area contributed by atoms with E-state index in [4.69, 9.17) is 0 Å². The van der Waals surface area contributed by atoms with Gasteiger partial charge in [-0.2, -0.15) is 0 Å². The summed E-state index contributed by atoms with van der Waals surface area (Å²) in [4.78, 5) is 6.61. The molecule has 128 valence electrons. The zero-order valence-corrected chi connectivity index (χ0v) is 15.1. The number of thioether (sulfide) groups is 1. The molecule has 0 radical (unpaired) electrons. The minimum absolute atomic E-state index is 0.310. The smallest absolute Gasteiger partial charge is 0.0446 e. The van der Waals surface area contributed by atoms with Crippen molar-refractivity contribution in [3.05, 3.63) is 29.8 Å². The first-order valence-electron chi connectivity index (χ1n) is 9.02. The van der Waals surface area contributed by atoms with Gasteiger partial charge in [0, 0.05) is 49.8 Å². The van der Waals surface area contributed by atoms with Crippen molar-refractivity contribution in [1.29, 1.82) is 0 Å². The molecule has 0 unspecified atom stereocenters. The molecule has 0 spiro atoms. The number of hydrogen-bond donors (Lipinski definition) is 1. The summed E-state index contributed by atoms with van der Waals surface area (Å²) in [7, 11) is 0. The Hall–Kier alpha value is -0.550. The summed E-state index contributed by atoms with van der Waals surface area (Å²) in [6.07, 6.45) is 8.53. The van der Waals surface area contributed by atoms with Gasteiger partial charge in [-0.25, -0.2) is 0 Å². The Morgan fingerprint density at radius 2 is 1.87 bits per heavy atom. The molecule has 4 heteroatoms. The quantitative estimate of drug-likeness (QED) is 0.808. The number of nitrogens with zero attached hydrogens (tertiary/aromatic N) is 2. The Balaban J connectivity index is 1.59. The Morgan fingerprint density at radius 1 is 1.13 bits per heavy atom. The summed E-state index contributed by atoms with van der Waals surface area (Å²) in [6.45, 7) is 4.77. The van der Waals surface area contributed by atoms with E-state index in [0.29, 0.717) is 12.6 Å². The molecule has 1 atom stereocenters. The van der Waals surface area contributed by atoms with Crippen LogP contribution in [0.15, 0.2) is 29.2 Å². The maximum Gasteiger partial charge on any atom is 0.0446 e. The maximum atomic E-state index is 9.47. The van der Waals surface area contributed by atoms with Crippen molar-refractivity contribution < 1.29 is 5.11 Å². The van der Waals surface area contributed by atoms with Gasteiger partial charge in [-0.1, -0.05) is 25.0 Å². The van der Waals surface area contributed by atoms with Crippen LogP contribution in [0.4, 0.5) is 0 Å². The second-order valence-corrected chi connectivity index (χ2v) is 7.81. The molecule has 1 aliphatic heterocycles. The van der Waals surface area contributed by atoms with E-state index in [-0.39, 0.29) is 0 Å². The molecule has 23 heavy (non-hydrogen) atoms. The van der Waals surface area contributed by atoms with Crippen LogP contribution in [0.2, 0.25) is 0 Å². The second-order valence-electron chi connectivity index (χ2n) is 6.93. The van der Waals surface area contributed by atoms with Crippen LogP contribution >= 0.6 is 11.8 Å². The average molecular weight is 335 g/mol. The molecular formula is C19H30N2OS. The van der Waals surface area contributed by atoms with Gasteiger partial charge in [0.2, 0.25) is 0 Å². The number of benzene rings is 1. The molecule has 1 heterocycles. The third-order valence-electron chi connectivity index (χ3n) is 5.43. The van der Waals surface area contributed by atoms with Crippen molar-refractivity contribution in [1.82, 2.24) is 9.80 Å². The molecule has 1 aliphatic carbocycles. The molecule has 1 saturated carbocycles. The molecule has 1 aromatic carbocycles. The van der Waals surface area contributed by atoms with E-state index in [1.165, 1.54) is 36.1 Å².